The van der Waals surface area contributed by atoms with E-state index in [9.17, 15) is 24.1 Å². The lowest BCUT2D eigenvalue weighted by Crippen LogP contribution is -2.25. The van der Waals surface area contributed by atoms with Crippen LogP contribution in [-0.2, 0) is 11.3 Å². The van der Waals surface area contributed by atoms with Gasteiger partial charge in [-0.25, -0.2) is 4.39 Å². The van der Waals surface area contributed by atoms with Crippen LogP contribution in [0.4, 0.5) is 21.5 Å². The van der Waals surface area contributed by atoms with E-state index in [1.165, 1.54) is 48.6 Å². The summed E-state index contributed by atoms with van der Waals surface area (Å²) in [5, 5.41) is 16.2. The molecule has 0 bridgehead atoms. The van der Waals surface area contributed by atoms with Gasteiger partial charge in [-0.3, -0.25) is 19.7 Å². The molecule has 0 saturated carbocycles. The van der Waals surface area contributed by atoms with Gasteiger partial charge in [0.25, 0.3) is 11.6 Å². The maximum atomic E-state index is 13.1. The fraction of sp³-hybridized carbons (Fsp3) is 0.120. The van der Waals surface area contributed by atoms with Gasteiger partial charge in [0.15, 0.2) is 0 Å². The molecule has 0 fully saturated rings. The average molecular weight is 462 g/mol. The molecule has 0 aliphatic heterocycles. The number of nitrogens with one attached hydrogen (secondary N) is 2. The Labute approximate surface area is 195 Å². The van der Waals surface area contributed by atoms with Gasteiger partial charge in [-0.1, -0.05) is 12.1 Å². The molecule has 0 aliphatic rings. The Morgan fingerprint density at radius 1 is 1.03 bits per heavy atom. The number of hydrogen-bond acceptors (Lipinski definition) is 5. The Bertz CT molecular complexity index is 1220. The first kappa shape index (κ1) is 24.1. The standard InChI is InChI=1S/C25H23FN4O4/c1-29(2)23-13-10-20(15-22(23)25(32)27-16-18-3-8-19(26)9-4-18)28-24(31)14-7-17-5-11-21(12-6-17)30(33)34/h3-15H,16H2,1-2H3,(H,27,32)(H,28,31)/b14-7+. The second-order valence-corrected chi connectivity index (χ2v) is 7.61. The summed E-state index contributed by atoms with van der Waals surface area (Å²) in [6.07, 6.45) is 2.83. The van der Waals surface area contributed by atoms with E-state index in [2.05, 4.69) is 10.6 Å². The number of amides is 2. The van der Waals surface area contributed by atoms with Crippen molar-refractivity contribution in [3.8, 4) is 0 Å². The summed E-state index contributed by atoms with van der Waals surface area (Å²) in [6.45, 7) is 0.223. The van der Waals surface area contributed by atoms with Crippen molar-refractivity contribution >= 4 is 35.0 Å². The van der Waals surface area contributed by atoms with Crippen molar-refractivity contribution in [2.24, 2.45) is 0 Å². The normalized spacial score (nSPS) is 10.7. The predicted molar refractivity (Wildman–Crippen MR) is 129 cm³/mol. The van der Waals surface area contributed by atoms with E-state index in [0.29, 0.717) is 22.5 Å². The predicted octanol–water partition coefficient (Wildman–Crippen LogP) is 4.38. The summed E-state index contributed by atoms with van der Waals surface area (Å²) < 4.78 is 13.1. The largest absolute Gasteiger partial charge is 0.377 e. The minimum Gasteiger partial charge on any atom is -0.377 e. The number of nitro groups is 1. The number of halogens is 1. The van der Waals surface area contributed by atoms with Gasteiger partial charge in [0.05, 0.1) is 10.5 Å². The van der Waals surface area contributed by atoms with Gasteiger partial charge >= 0.3 is 0 Å². The van der Waals surface area contributed by atoms with Gasteiger partial charge in [-0.05, 0) is 59.7 Å². The Morgan fingerprint density at radius 2 is 1.71 bits per heavy atom. The van der Waals surface area contributed by atoms with Gasteiger partial charge < -0.3 is 15.5 Å². The number of non-ortho nitro benzene ring substituents is 1. The van der Waals surface area contributed by atoms with Crippen LogP contribution in [0.1, 0.15) is 21.5 Å². The van der Waals surface area contributed by atoms with Gasteiger partial charge in [-0.15, -0.1) is 0 Å². The van der Waals surface area contributed by atoms with Crippen molar-refractivity contribution in [3.63, 3.8) is 0 Å². The summed E-state index contributed by atoms with van der Waals surface area (Å²) in [7, 11) is 3.61. The average Bonchev–Trinajstić information content (AvgIpc) is 2.82. The van der Waals surface area contributed by atoms with E-state index in [-0.39, 0.29) is 24.0 Å². The van der Waals surface area contributed by atoms with Gasteiger partial charge in [-0.2, -0.15) is 0 Å². The zero-order valence-electron chi connectivity index (χ0n) is 18.6. The maximum absolute atomic E-state index is 13.1. The van der Waals surface area contributed by atoms with Crippen LogP contribution in [0.25, 0.3) is 6.08 Å². The third kappa shape index (κ3) is 6.49. The van der Waals surface area contributed by atoms with Crippen molar-refractivity contribution in [2.75, 3.05) is 24.3 Å². The van der Waals surface area contributed by atoms with Crippen molar-refractivity contribution in [3.05, 3.63) is 105 Å². The highest BCUT2D eigenvalue weighted by Crippen LogP contribution is 2.23. The van der Waals surface area contributed by atoms with E-state index in [1.54, 1.807) is 49.3 Å². The Morgan fingerprint density at radius 3 is 2.32 bits per heavy atom. The summed E-state index contributed by atoms with van der Waals surface area (Å²) in [4.78, 5) is 37.2. The maximum Gasteiger partial charge on any atom is 0.269 e. The number of nitrogens with zero attached hydrogens (tertiary/aromatic N) is 2. The van der Waals surface area contributed by atoms with Crippen LogP contribution in [0.2, 0.25) is 0 Å². The first-order valence-corrected chi connectivity index (χ1v) is 10.3. The van der Waals surface area contributed by atoms with E-state index in [1.807, 2.05) is 0 Å². The summed E-state index contributed by atoms with van der Waals surface area (Å²) in [6, 6.07) is 16.6. The number of anilines is 2. The highest BCUT2D eigenvalue weighted by Gasteiger charge is 2.14. The van der Waals surface area contributed by atoms with Crippen molar-refractivity contribution in [1.82, 2.24) is 5.32 Å². The summed E-state index contributed by atoms with van der Waals surface area (Å²) in [5.74, 6) is -1.12. The number of carbonyl (C=O) groups excluding carboxylic acids is 2. The second kappa shape index (κ2) is 10.9. The molecule has 3 rings (SSSR count). The number of nitro benzene ring substituents is 1. The van der Waals surface area contributed by atoms with E-state index in [4.69, 9.17) is 0 Å². The summed E-state index contributed by atoms with van der Waals surface area (Å²) >= 11 is 0. The molecule has 0 saturated heterocycles. The smallest absolute Gasteiger partial charge is 0.269 e. The second-order valence-electron chi connectivity index (χ2n) is 7.61. The first-order valence-electron chi connectivity index (χ1n) is 10.3. The van der Waals surface area contributed by atoms with Crippen LogP contribution >= 0.6 is 0 Å². The quantitative estimate of drug-likeness (QED) is 0.294. The summed E-state index contributed by atoms with van der Waals surface area (Å²) in [5.41, 5.74) is 2.80. The molecule has 0 aromatic heterocycles. The topological polar surface area (TPSA) is 105 Å². The third-order valence-corrected chi connectivity index (χ3v) is 4.89. The highest BCUT2D eigenvalue weighted by atomic mass is 19.1. The molecule has 174 valence electrons. The van der Waals surface area contributed by atoms with E-state index >= 15 is 0 Å². The van der Waals surface area contributed by atoms with E-state index < -0.39 is 10.8 Å². The first-order chi connectivity index (χ1) is 16.2. The Hall–Kier alpha value is -4.53. The van der Waals surface area contributed by atoms with Crippen molar-refractivity contribution in [2.45, 2.75) is 6.54 Å². The lowest BCUT2D eigenvalue weighted by atomic mass is 10.1. The molecular formula is C25H23FN4O4. The van der Waals surface area contributed by atoms with E-state index in [0.717, 1.165) is 5.56 Å². The van der Waals surface area contributed by atoms with Gasteiger partial charge in [0.1, 0.15) is 5.82 Å². The molecule has 34 heavy (non-hydrogen) atoms. The molecule has 2 N–H and O–H groups in total. The monoisotopic (exact) mass is 462 g/mol. The fourth-order valence-electron chi connectivity index (χ4n) is 3.13. The number of benzene rings is 3. The molecule has 0 atom stereocenters. The van der Waals surface area contributed by atoms with Crippen molar-refractivity contribution < 1.29 is 18.9 Å². The lowest BCUT2D eigenvalue weighted by Gasteiger charge is -2.18. The number of rotatable bonds is 8. The van der Waals surface area contributed by atoms with Crippen molar-refractivity contribution in [1.29, 1.82) is 0 Å². The lowest BCUT2D eigenvalue weighted by molar-refractivity contribution is -0.384. The Balaban J connectivity index is 1.70. The molecule has 0 unspecified atom stereocenters. The molecule has 3 aromatic rings. The molecule has 2 amide bonds. The highest BCUT2D eigenvalue weighted by molar-refractivity contribution is 6.05. The zero-order valence-corrected chi connectivity index (χ0v) is 18.6. The molecule has 0 spiro atoms. The fourth-order valence-corrected chi connectivity index (χ4v) is 3.13. The SMILES string of the molecule is CN(C)c1ccc(NC(=O)/C=C/c2ccc([N+](=O)[O-])cc2)cc1C(=O)NCc1ccc(F)cc1. The minimum absolute atomic E-state index is 0.0344. The van der Waals surface area contributed by atoms with Crippen LogP contribution in [0.3, 0.4) is 0 Å². The van der Waals surface area contributed by atoms with Gasteiger partial charge in [0, 0.05) is 50.2 Å². The molecule has 0 radical (unpaired) electrons. The Kier molecular flexibility index (Phi) is 7.71. The third-order valence-electron chi connectivity index (χ3n) is 4.89. The van der Waals surface area contributed by atoms with Crippen LogP contribution in [0.5, 0.6) is 0 Å². The number of carbonyl (C=O) groups is 2. The zero-order chi connectivity index (χ0) is 24.7. The molecule has 0 heterocycles. The van der Waals surface area contributed by atoms with Crippen LogP contribution in [0.15, 0.2) is 72.8 Å². The molecule has 9 heteroatoms. The van der Waals surface area contributed by atoms with Crippen LogP contribution in [-0.4, -0.2) is 30.8 Å². The molecule has 3 aromatic carbocycles. The van der Waals surface area contributed by atoms with Gasteiger partial charge in [0.2, 0.25) is 5.91 Å². The number of hydrogen-bond donors (Lipinski definition) is 2. The molecule has 8 nitrogen and oxygen atoms in total. The molecule has 0 aliphatic carbocycles. The van der Waals surface area contributed by atoms with Crippen LogP contribution in [0, 0.1) is 15.9 Å². The molecular weight excluding hydrogens is 439 g/mol. The minimum atomic E-state index is -0.495. The van der Waals surface area contributed by atoms with Crippen LogP contribution < -0.4 is 15.5 Å².